The van der Waals surface area contributed by atoms with Crippen LogP contribution in [0.5, 0.6) is 0 Å². The molecule has 0 amide bonds. The molecule has 0 aliphatic carbocycles. The lowest BCUT2D eigenvalue weighted by molar-refractivity contribution is 0.688. The first-order valence-electron chi connectivity index (χ1n) is 2.56. The van der Waals surface area contributed by atoms with E-state index >= 15 is 0 Å². The highest BCUT2D eigenvalue weighted by Gasteiger charge is 1.82. The van der Waals surface area contributed by atoms with E-state index in [1.165, 1.54) is 5.57 Å². The minimum atomic E-state index is -0.663. The zero-order chi connectivity index (χ0) is 6.57. The fourth-order valence-electron chi connectivity index (χ4n) is 0.284. The van der Waals surface area contributed by atoms with E-state index in [1.54, 1.807) is 6.26 Å². The van der Waals surface area contributed by atoms with Crippen LogP contribution >= 0.6 is 0 Å². The molecule has 1 atom stereocenters. The third-order valence-electron chi connectivity index (χ3n) is 0.726. The molecule has 0 heterocycles. The molecule has 48 valence electrons. The molecule has 0 aromatic heterocycles. The lowest BCUT2D eigenvalue weighted by atomic mass is 10.3. The molecule has 0 spiro atoms. The Labute approximate surface area is 53.2 Å². The smallest absolute Gasteiger partial charge is 0.0414 e. The SMILES string of the molecule is CC(C)=CCS(C)=O. The van der Waals surface area contributed by atoms with Crippen LogP contribution in [0.15, 0.2) is 11.6 Å². The zero-order valence-electron chi connectivity index (χ0n) is 5.60. The maximum Gasteiger partial charge on any atom is 0.0414 e. The van der Waals surface area contributed by atoms with Crippen LogP contribution in [0.25, 0.3) is 0 Å². The molecule has 8 heavy (non-hydrogen) atoms. The van der Waals surface area contributed by atoms with Crippen LogP contribution in [-0.2, 0) is 10.8 Å². The predicted molar refractivity (Wildman–Crippen MR) is 38.4 cm³/mol. The average molecular weight is 132 g/mol. The molecule has 1 nitrogen and oxygen atoms in total. The summed E-state index contributed by atoms with van der Waals surface area (Å²) in [5.41, 5.74) is 1.24. The second kappa shape index (κ2) is 3.84. The number of hydrogen-bond donors (Lipinski definition) is 0. The molecule has 2 heteroatoms. The Hall–Kier alpha value is -0.110. The third-order valence-corrected chi connectivity index (χ3v) is 1.36. The maximum atomic E-state index is 10.4. The minimum Gasteiger partial charge on any atom is -0.260 e. The van der Waals surface area contributed by atoms with Crippen molar-refractivity contribution < 1.29 is 4.21 Å². The van der Waals surface area contributed by atoms with Gasteiger partial charge in [0.1, 0.15) is 0 Å². The van der Waals surface area contributed by atoms with E-state index in [2.05, 4.69) is 0 Å². The molecule has 0 aromatic rings. The molecule has 1 unspecified atom stereocenters. The number of allylic oxidation sites excluding steroid dienone is 1. The van der Waals surface area contributed by atoms with E-state index in [0.29, 0.717) is 5.75 Å². The standard InChI is InChI=1S/C6H12OS/c1-6(2)4-5-8(3)7/h4H,5H2,1-3H3. The average Bonchev–Trinajstić information content (AvgIpc) is 1.61. The molecular formula is C6H12OS. The van der Waals surface area contributed by atoms with Crippen molar-refractivity contribution >= 4 is 10.8 Å². The summed E-state index contributed by atoms with van der Waals surface area (Å²) in [4.78, 5) is 0. The quantitative estimate of drug-likeness (QED) is 0.518. The number of hydrogen-bond acceptors (Lipinski definition) is 1. The molecule has 0 fully saturated rings. The first-order chi connectivity index (χ1) is 3.63. The summed E-state index contributed by atoms with van der Waals surface area (Å²) in [6.07, 6.45) is 3.69. The van der Waals surface area contributed by atoms with Gasteiger partial charge in [-0.05, 0) is 13.8 Å². The molecule has 0 aliphatic rings. The second-order valence-electron chi connectivity index (χ2n) is 2.02. The van der Waals surface area contributed by atoms with Crippen molar-refractivity contribution in [2.24, 2.45) is 0 Å². The monoisotopic (exact) mass is 132 g/mol. The second-order valence-corrected chi connectivity index (χ2v) is 3.50. The summed E-state index contributed by atoms with van der Waals surface area (Å²) >= 11 is 0. The van der Waals surface area contributed by atoms with Gasteiger partial charge in [-0.25, -0.2) is 0 Å². The Bertz CT molecular complexity index is 112. The lowest BCUT2D eigenvalue weighted by Gasteiger charge is -1.86. The van der Waals surface area contributed by atoms with Crippen molar-refractivity contribution in [3.05, 3.63) is 11.6 Å². The molecule has 0 saturated carbocycles. The normalized spacial score (nSPS) is 12.9. The van der Waals surface area contributed by atoms with Crippen LogP contribution in [0.4, 0.5) is 0 Å². The Morgan fingerprint density at radius 1 is 1.62 bits per heavy atom. The molecule has 0 N–H and O–H groups in total. The van der Waals surface area contributed by atoms with Crippen molar-refractivity contribution in [3.63, 3.8) is 0 Å². The van der Waals surface area contributed by atoms with Crippen molar-refractivity contribution in [2.45, 2.75) is 13.8 Å². The Morgan fingerprint density at radius 3 is 2.25 bits per heavy atom. The van der Waals surface area contributed by atoms with Crippen molar-refractivity contribution in [1.29, 1.82) is 0 Å². The molecule has 0 saturated heterocycles. The third kappa shape index (κ3) is 5.89. The van der Waals surface area contributed by atoms with Gasteiger partial charge in [0.2, 0.25) is 0 Å². The van der Waals surface area contributed by atoms with Gasteiger partial charge in [-0.2, -0.15) is 0 Å². The molecule has 0 aromatic carbocycles. The van der Waals surface area contributed by atoms with Crippen LogP contribution < -0.4 is 0 Å². The maximum absolute atomic E-state index is 10.4. The summed E-state index contributed by atoms with van der Waals surface area (Å²) in [7, 11) is -0.663. The van der Waals surface area contributed by atoms with Gasteiger partial charge in [0, 0.05) is 22.8 Å². The summed E-state index contributed by atoms with van der Waals surface area (Å²) in [6.45, 7) is 4.01. The zero-order valence-corrected chi connectivity index (χ0v) is 6.42. The van der Waals surface area contributed by atoms with Gasteiger partial charge in [-0.1, -0.05) is 11.6 Å². The van der Waals surface area contributed by atoms with Gasteiger partial charge >= 0.3 is 0 Å². The van der Waals surface area contributed by atoms with E-state index in [0.717, 1.165) is 0 Å². The first-order valence-corrected chi connectivity index (χ1v) is 4.29. The van der Waals surface area contributed by atoms with Crippen LogP contribution in [0.2, 0.25) is 0 Å². The molecular weight excluding hydrogens is 120 g/mol. The predicted octanol–water partition coefficient (Wildman–Crippen LogP) is 1.33. The van der Waals surface area contributed by atoms with E-state index < -0.39 is 10.8 Å². The molecule has 0 radical (unpaired) electrons. The Kier molecular flexibility index (Phi) is 3.79. The topological polar surface area (TPSA) is 17.1 Å². The van der Waals surface area contributed by atoms with Gasteiger partial charge in [0.15, 0.2) is 0 Å². The summed E-state index contributed by atoms with van der Waals surface area (Å²) < 4.78 is 10.4. The fraction of sp³-hybridized carbons (Fsp3) is 0.667. The van der Waals surface area contributed by atoms with E-state index in [1.807, 2.05) is 19.9 Å². The van der Waals surface area contributed by atoms with Crippen molar-refractivity contribution in [1.82, 2.24) is 0 Å². The van der Waals surface area contributed by atoms with Crippen LogP contribution in [0.1, 0.15) is 13.8 Å². The molecule has 0 bridgehead atoms. The first kappa shape index (κ1) is 7.89. The van der Waals surface area contributed by atoms with Gasteiger partial charge in [-0.15, -0.1) is 0 Å². The highest BCUT2D eigenvalue weighted by atomic mass is 32.2. The van der Waals surface area contributed by atoms with Gasteiger partial charge in [0.25, 0.3) is 0 Å². The van der Waals surface area contributed by atoms with Crippen LogP contribution in [0.3, 0.4) is 0 Å². The Morgan fingerprint density at radius 2 is 2.12 bits per heavy atom. The van der Waals surface area contributed by atoms with E-state index in [-0.39, 0.29) is 0 Å². The highest BCUT2D eigenvalue weighted by molar-refractivity contribution is 7.84. The molecule has 0 rings (SSSR count). The number of rotatable bonds is 2. The van der Waals surface area contributed by atoms with E-state index in [9.17, 15) is 4.21 Å². The molecule has 0 aliphatic heterocycles. The summed E-state index contributed by atoms with van der Waals surface area (Å²) in [5.74, 6) is 0.697. The van der Waals surface area contributed by atoms with Gasteiger partial charge in [-0.3, -0.25) is 4.21 Å². The lowest BCUT2D eigenvalue weighted by Crippen LogP contribution is -1.88. The highest BCUT2D eigenvalue weighted by Crippen LogP contribution is 1.88. The van der Waals surface area contributed by atoms with Crippen LogP contribution in [-0.4, -0.2) is 16.2 Å². The van der Waals surface area contributed by atoms with Gasteiger partial charge < -0.3 is 0 Å². The van der Waals surface area contributed by atoms with Crippen molar-refractivity contribution in [2.75, 3.05) is 12.0 Å². The Balaban J connectivity index is 3.45. The fourth-order valence-corrected chi connectivity index (χ4v) is 0.852. The van der Waals surface area contributed by atoms with E-state index in [4.69, 9.17) is 0 Å². The summed E-state index contributed by atoms with van der Waals surface area (Å²) in [6, 6.07) is 0. The summed E-state index contributed by atoms with van der Waals surface area (Å²) in [5, 5.41) is 0. The van der Waals surface area contributed by atoms with Crippen LogP contribution in [0, 0.1) is 0 Å². The minimum absolute atomic E-state index is 0.663. The largest absolute Gasteiger partial charge is 0.260 e. The van der Waals surface area contributed by atoms with Crippen molar-refractivity contribution in [3.8, 4) is 0 Å². The van der Waals surface area contributed by atoms with Gasteiger partial charge in [0.05, 0.1) is 0 Å².